The van der Waals surface area contributed by atoms with Crippen LogP contribution in [0.3, 0.4) is 0 Å². The first-order valence-electron chi connectivity index (χ1n) is 4.59. The van der Waals surface area contributed by atoms with E-state index in [0.29, 0.717) is 10.7 Å². The molecule has 0 aliphatic carbocycles. The molecule has 0 unspecified atom stereocenters. The van der Waals surface area contributed by atoms with Crippen LogP contribution in [0.2, 0.25) is 5.02 Å². The van der Waals surface area contributed by atoms with Gasteiger partial charge in [-0.15, -0.1) is 0 Å². The Morgan fingerprint density at radius 3 is 2.75 bits per heavy atom. The molecular formula is C12H7ClN2O. The van der Waals surface area contributed by atoms with Crippen LogP contribution < -0.4 is 0 Å². The summed E-state index contributed by atoms with van der Waals surface area (Å²) in [6, 6.07) is 10.9. The zero-order valence-corrected chi connectivity index (χ0v) is 8.98. The molecule has 2 rings (SSSR count). The highest BCUT2D eigenvalue weighted by Gasteiger charge is 1.99. The summed E-state index contributed by atoms with van der Waals surface area (Å²) in [5.41, 5.74) is 2.20. The zero-order valence-electron chi connectivity index (χ0n) is 8.22. The van der Waals surface area contributed by atoms with Gasteiger partial charge in [-0.25, -0.2) is 4.79 Å². The van der Waals surface area contributed by atoms with E-state index in [0.717, 1.165) is 11.3 Å². The van der Waals surface area contributed by atoms with Crippen molar-refractivity contribution in [2.75, 3.05) is 0 Å². The van der Waals surface area contributed by atoms with E-state index in [1.165, 1.54) is 12.3 Å². The third kappa shape index (κ3) is 2.34. The Morgan fingerprint density at radius 2 is 2.12 bits per heavy atom. The van der Waals surface area contributed by atoms with Crippen LogP contribution in [0.15, 0.2) is 47.6 Å². The van der Waals surface area contributed by atoms with Gasteiger partial charge < -0.3 is 0 Å². The summed E-state index contributed by atoms with van der Waals surface area (Å²) in [5.74, 6) is 0. The van der Waals surface area contributed by atoms with Gasteiger partial charge in [-0.3, -0.25) is 4.98 Å². The van der Waals surface area contributed by atoms with Crippen molar-refractivity contribution in [2.45, 2.75) is 0 Å². The van der Waals surface area contributed by atoms with Crippen LogP contribution in [-0.2, 0) is 4.79 Å². The lowest BCUT2D eigenvalue weighted by Crippen LogP contribution is -1.81. The number of pyridine rings is 1. The minimum atomic E-state index is 0.487. The first kappa shape index (κ1) is 10.6. The van der Waals surface area contributed by atoms with Gasteiger partial charge in [0.1, 0.15) is 0 Å². The molecule has 0 amide bonds. The van der Waals surface area contributed by atoms with E-state index in [4.69, 9.17) is 11.6 Å². The second-order valence-corrected chi connectivity index (χ2v) is 3.55. The summed E-state index contributed by atoms with van der Waals surface area (Å²) in [5, 5.41) is 0.661. The average Bonchev–Trinajstić information content (AvgIpc) is 2.30. The lowest BCUT2D eigenvalue weighted by atomic mass is 10.1. The normalized spacial score (nSPS) is 9.56. The Morgan fingerprint density at radius 1 is 1.25 bits per heavy atom. The maximum absolute atomic E-state index is 10.0. The first-order valence-corrected chi connectivity index (χ1v) is 4.97. The van der Waals surface area contributed by atoms with Crippen molar-refractivity contribution in [3.05, 3.63) is 47.6 Å². The molecule has 3 nitrogen and oxygen atoms in total. The van der Waals surface area contributed by atoms with Gasteiger partial charge in [0, 0.05) is 10.6 Å². The standard InChI is InChI=1S/C12H7ClN2O/c13-10-3-1-2-9(6-10)12-5-4-11(7-14-12)15-8-16/h1-7H. The third-order valence-electron chi connectivity index (χ3n) is 2.04. The van der Waals surface area contributed by atoms with Gasteiger partial charge in [0.2, 0.25) is 6.08 Å². The Kier molecular flexibility index (Phi) is 3.10. The third-order valence-corrected chi connectivity index (χ3v) is 2.28. The number of hydrogen-bond acceptors (Lipinski definition) is 3. The summed E-state index contributed by atoms with van der Waals surface area (Å²) < 4.78 is 0. The van der Waals surface area contributed by atoms with Crippen LogP contribution in [0, 0.1) is 0 Å². The highest BCUT2D eigenvalue weighted by Crippen LogP contribution is 2.22. The van der Waals surface area contributed by atoms with Crippen LogP contribution >= 0.6 is 11.6 Å². The molecule has 78 valence electrons. The molecule has 0 aliphatic rings. The van der Waals surface area contributed by atoms with Crippen molar-refractivity contribution in [2.24, 2.45) is 4.99 Å². The lowest BCUT2D eigenvalue weighted by Gasteiger charge is -2.00. The number of isocyanates is 1. The molecule has 0 saturated carbocycles. The highest BCUT2D eigenvalue weighted by atomic mass is 35.5. The van der Waals surface area contributed by atoms with Crippen LogP contribution in [-0.4, -0.2) is 11.1 Å². The first-order chi connectivity index (χ1) is 7.79. The fourth-order valence-corrected chi connectivity index (χ4v) is 1.51. The number of nitrogens with zero attached hydrogens (tertiary/aromatic N) is 2. The van der Waals surface area contributed by atoms with Gasteiger partial charge in [0.25, 0.3) is 0 Å². The molecule has 0 radical (unpaired) electrons. The topological polar surface area (TPSA) is 42.3 Å². The minimum Gasteiger partial charge on any atom is -0.254 e. The molecule has 0 bridgehead atoms. The number of benzene rings is 1. The Hall–Kier alpha value is -1.96. The number of hydrogen-bond donors (Lipinski definition) is 0. The quantitative estimate of drug-likeness (QED) is 0.586. The van der Waals surface area contributed by atoms with Crippen molar-refractivity contribution in [1.82, 2.24) is 4.98 Å². The maximum Gasteiger partial charge on any atom is 0.240 e. The summed E-state index contributed by atoms with van der Waals surface area (Å²) >= 11 is 5.88. The summed E-state index contributed by atoms with van der Waals surface area (Å²) in [6.45, 7) is 0. The minimum absolute atomic E-state index is 0.487. The molecule has 1 heterocycles. The number of aromatic nitrogens is 1. The van der Waals surface area contributed by atoms with E-state index in [1.807, 2.05) is 18.2 Å². The molecule has 0 spiro atoms. The summed E-state index contributed by atoms with van der Waals surface area (Å²) in [6.07, 6.45) is 2.98. The molecule has 0 aliphatic heterocycles. The predicted octanol–water partition coefficient (Wildman–Crippen LogP) is 3.37. The Bertz CT molecular complexity index is 545. The second kappa shape index (κ2) is 4.71. The van der Waals surface area contributed by atoms with Crippen molar-refractivity contribution >= 4 is 23.4 Å². The molecule has 1 aromatic heterocycles. The number of rotatable bonds is 2. The number of halogens is 1. The lowest BCUT2D eigenvalue weighted by molar-refractivity contribution is 0.565. The van der Waals surface area contributed by atoms with E-state index in [1.54, 1.807) is 18.2 Å². The highest BCUT2D eigenvalue weighted by molar-refractivity contribution is 6.30. The number of carbonyl (C=O) groups excluding carboxylic acids is 1. The Labute approximate surface area is 97.4 Å². The number of aliphatic imine (C=N–C) groups is 1. The predicted molar refractivity (Wildman–Crippen MR) is 62.5 cm³/mol. The molecule has 1 aromatic carbocycles. The van der Waals surface area contributed by atoms with Crippen LogP contribution in [0.5, 0.6) is 0 Å². The van der Waals surface area contributed by atoms with Gasteiger partial charge in [-0.2, -0.15) is 4.99 Å². The van der Waals surface area contributed by atoms with Gasteiger partial charge >= 0.3 is 0 Å². The van der Waals surface area contributed by atoms with Crippen molar-refractivity contribution < 1.29 is 4.79 Å². The van der Waals surface area contributed by atoms with Gasteiger partial charge in [-0.05, 0) is 24.3 Å². The van der Waals surface area contributed by atoms with E-state index in [2.05, 4.69) is 9.98 Å². The van der Waals surface area contributed by atoms with Gasteiger partial charge in [0.15, 0.2) is 0 Å². The smallest absolute Gasteiger partial charge is 0.240 e. The molecule has 0 fully saturated rings. The summed E-state index contributed by atoms with van der Waals surface area (Å²) in [7, 11) is 0. The second-order valence-electron chi connectivity index (χ2n) is 3.12. The maximum atomic E-state index is 10.0. The molecular weight excluding hydrogens is 224 g/mol. The van der Waals surface area contributed by atoms with E-state index >= 15 is 0 Å². The van der Waals surface area contributed by atoms with E-state index in [9.17, 15) is 4.79 Å². The van der Waals surface area contributed by atoms with Crippen LogP contribution in [0.25, 0.3) is 11.3 Å². The SMILES string of the molecule is O=C=Nc1ccc(-c2cccc(Cl)c2)nc1. The monoisotopic (exact) mass is 230 g/mol. The van der Waals surface area contributed by atoms with Gasteiger partial charge in [-0.1, -0.05) is 23.7 Å². The molecule has 0 atom stereocenters. The van der Waals surface area contributed by atoms with Crippen LogP contribution in [0.1, 0.15) is 0 Å². The average molecular weight is 231 g/mol. The summed E-state index contributed by atoms with van der Waals surface area (Å²) in [4.78, 5) is 17.7. The largest absolute Gasteiger partial charge is 0.254 e. The molecule has 2 aromatic rings. The Balaban J connectivity index is 2.38. The molecule has 4 heteroatoms. The fraction of sp³-hybridized carbons (Fsp3) is 0. The van der Waals surface area contributed by atoms with Crippen molar-refractivity contribution in [3.8, 4) is 11.3 Å². The van der Waals surface area contributed by atoms with Gasteiger partial charge in [0.05, 0.1) is 17.6 Å². The van der Waals surface area contributed by atoms with Crippen molar-refractivity contribution in [3.63, 3.8) is 0 Å². The fourth-order valence-electron chi connectivity index (χ4n) is 1.32. The van der Waals surface area contributed by atoms with E-state index < -0.39 is 0 Å². The molecule has 0 saturated heterocycles. The van der Waals surface area contributed by atoms with Crippen molar-refractivity contribution in [1.29, 1.82) is 0 Å². The van der Waals surface area contributed by atoms with E-state index in [-0.39, 0.29) is 0 Å². The van der Waals surface area contributed by atoms with Crippen LogP contribution in [0.4, 0.5) is 5.69 Å². The molecule has 0 N–H and O–H groups in total. The molecule has 16 heavy (non-hydrogen) atoms. The zero-order chi connectivity index (χ0) is 11.4.